The lowest BCUT2D eigenvalue weighted by molar-refractivity contribution is -0.275. The zero-order chi connectivity index (χ0) is 22.0. The minimum absolute atomic E-state index is 0.251. The molecule has 2 aromatic rings. The standard InChI is InChI=1S/C26H28F4O/c1-2-3-17-4-6-18(7-5-17)19-8-10-20(11-9-19)21-12-13-22-16-25(31-26(28,29)30)24(27)15-23(22)14-21/h2-3,8-11,15-18,21H,4-7,12-14H2,1H3/b3-2+. The Hall–Kier alpha value is -2.30. The van der Waals surface area contributed by atoms with Gasteiger partial charge in [-0.15, -0.1) is 13.2 Å². The first-order valence-electron chi connectivity index (χ1n) is 11.1. The Labute approximate surface area is 181 Å². The van der Waals surface area contributed by atoms with E-state index in [0.29, 0.717) is 24.7 Å². The molecule has 2 aromatic carbocycles. The Balaban J connectivity index is 1.42. The number of allylic oxidation sites excluding steroid dienone is 2. The van der Waals surface area contributed by atoms with Gasteiger partial charge in [0.25, 0.3) is 0 Å². The highest BCUT2D eigenvalue weighted by molar-refractivity contribution is 5.41. The Bertz CT molecular complexity index is 922. The molecule has 1 saturated carbocycles. The van der Waals surface area contributed by atoms with Crippen molar-refractivity contribution in [3.05, 3.63) is 76.6 Å². The number of hydrogen-bond donors (Lipinski definition) is 0. The Morgan fingerprint density at radius 3 is 2.13 bits per heavy atom. The molecular formula is C26H28F4O. The van der Waals surface area contributed by atoms with Crippen LogP contribution in [0.15, 0.2) is 48.6 Å². The highest BCUT2D eigenvalue weighted by Gasteiger charge is 2.33. The molecule has 0 heterocycles. The fourth-order valence-corrected chi connectivity index (χ4v) is 5.20. The average molecular weight is 433 g/mol. The predicted molar refractivity (Wildman–Crippen MR) is 114 cm³/mol. The van der Waals surface area contributed by atoms with Crippen LogP contribution >= 0.6 is 0 Å². The summed E-state index contributed by atoms with van der Waals surface area (Å²) in [5.74, 6) is -0.117. The Kier molecular flexibility index (Phi) is 6.40. The van der Waals surface area contributed by atoms with Crippen LogP contribution < -0.4 is 4.74 Å². The summed E-state index contributed by atoms with van der Waals surface area (Å²) in [7, 11) is 0. The van der Waals surface area contributed by atoms with Gasteiger partial charge >= 0.3 is 6.36 Å². The number of aryl methyl sites for hydroxylation is 1. The molecule has 1 atom stereocenters. The second kappa shape index (κ2) is 9.05. The van der Waals surface area contributed by atoms with Gasteiger partial charge in [-0.3, -0.25) is 0 Å². The quantitative estimate of drug-likeness (QED) is 0.353. The van der Waals surface area contributed by atoms with E-state index in [0.717, 1.165) is 17.5 Å². The molecule has 0 radical (unpaired) electrons. The van der Waals surface area contributed by atoms with Gasteiger partial charge in [-0.2, -0.15) is 0 Å². The van der Waals surface area contributed by atoms with Crippen LogP contribution in [0.5, 0.6) is 5.75 Å². The highest BCUT2D eigenvalue weighted by Crippen LogP contribution is 2.39. The second-order valence-corrected chi connectivity index (χ2v) is 8.84. The number of ether oxygens (including phenoxy) is 1. The molecule has 0 bridgehead atoms. The largest absolute Gasteiger partial charge is 0.573 e. The van der Waals surface area contributed by atoms with Gasteiger partial charge in [0, 0.05) is 0 Å². The molecule has 31 heavy (non-hydrogen) atoms. The maximum absolute atomic E-state index is 14.1. The van der Waals surface area contributed by atoms with Crippen LogP contribution in [0.25, 0.3) is 0 Å². The lowest BCUT2D eigenvalue weighted by Gasteiger charge is -2.28. The van der Waals surface area contributed by atoms with Gasteiger partial charge in [0.05, 0.1) is 0 Å². The molecule has 5 heteroatoms. The van der Waals surface area contributed by atoms with Gasteiger partial charge in [-0.1, -0.05) is 36.4 Å². The lowest BCUT2D eigenvalue weighted by atomic mass is 9.77. The van der Waals surface area contributed by atoms with Crippen LogP contribution in [0, 0.1) is 11.7 Å². The SMILES string of the molecule is C/C=C/C1CCC(c2ccc(C3CCc4cc(OC(F)(F)F)c(F)cc4C3)cc2)CC1. The number of alkyl halides is 3. The van der Waals surface area contributed by atoms with Gasteiger partial charge in [0.1, 0.15) is 0 Å². The number of fused-ring (bicyclic) bond motifs is 1. The molecule has 4 rings (SSSR count). The van der Waals surface area contributed by atoms with Crippen molar-refractivity contribution in [3.63, 3.8) is 0 Å². The third kappa shape index (κ3) is 5.31. The van der Waals surface area contributed by atoms with Gasteiger partial charge in [-0.25, -0.2) is 4.39 Å². The van der Waals surface area contributed by atoms with Crippen molar-refractivity contribution < 1.29 is 22.3 Å². The summed E-state index contributed by atoms with van der Waals surface area (Å²) in [6, 6.07) is 11.2. The molecule has 0 spiro atoms. The van der Waals surface area contributed by atoms with Crippen molar-refractivity contribution in [3.8, 4) is 5.75 Å². The minimum atomic E-state index is -4.89. The van der Waals surface area contributed by atoms with Crippen molar-refractivity contribution in [2.45, 2.75) is 70.1 Å². The fourth-order valence-electron chi connectivity index (χ4n) is 5.20. The monoisotopic (exact) mass is 432 g/mol. The van der Waals surface area contributed by atoms with Crippen LogP contribution in [0.4, 0.5) is 17.6 Å². The van der Waals surface area contributed by atoms with Gasteiger partial charge in [0.15, 0.2) is 11.6 Å². The van der Waals surface area contributed by atoms with E-state index in [1.54, 1.807) is 0 Å². The molecule has 166 valence electrons. The van der Waals surface area contributed by atoms with Crippen molar-refractivity contribution in [2.75, 3.05) is 0 Å². The Morgan fingerprint density at radius 2 is 1.52 bits per heavy atom. The van der Waals surface area contributed by atoms with E-state index in [9.17, 15) is 17.6 Å². The molecule has 1 unspecified atom stereocenters. The van der Waals surface area contributed by atoms with Crippen LogP contribution in [0.1, 0.15) is 73.1 Å². The molecular weight excluding hydrogens is 404 g/mol. The van der Waals surface area contributed by atoms with Crippen molar-refractivity contribution in [1.82, 2.24) is 0 Å². The second-order valence-electron chi connectivity index (χ2n) is 8.84. The Morgan fingerprint density at radius 1 is 0.871 bits per heavy atom. The van der Waals surface area contributed by atoms with E-state index in [2.05, 4.69) is 48.1 Å². The molecule has 0 aliphatic heterocycles. The highest BCUT2D eigenvalue weighted by atomic mass is 19.4. The van der Waals surface area contributed by atoms with Crippen LogP contribution in [0.2, 0.25) is 0 Å². The molecule has 1 nitrogen and oxygen atoms in total. The molecule has 0 saturated heterocycles. The van der Waals surface area contributed by atoms with Crippen LogP contribution in [0.3, 0.4) is 0 Å². The van der Waals surface area contributed by atoms with Crippen molar-refractivity contribution >= 4 is 0 Å². The summed E-state index contributed by atoms with van der Waals surface area (Å²) in [4.78, 5) is 0. The molecule has 2 aliphatic rings. The first kappa shape index (κ1) is 21.9. The molecule has 0 aromatic heterocycles. The van der Waals surface area contributed by atoms with Gasteiger partial charge in [0.2, 0.25) is 0 Å². The molecule has 0 N–H and O–H groups in total. The van der Waals surface area contributed by atoms with E-state index < -0.39 is 17.9 Å². The third-order valence-corrected chi connectivity index (χ3v) is 6.82. The number of rotatable bonds is 4. The molecule has 1 fully saturated rings. The summed E-state index contributed by atoms with van der Waals surface area (Å²) in [6.07, 6.45) is 6.57. The summed E-state index contributed by atoms with van der Waals surface area (Å²) >= 11 is 0. The summed E-state index contributed by atoms with van der Waals surface area (Å²) in [6.45, 7) is 2.08. The van der Waals surface area contributed by atoms with Crippen LogP contribution in [-0.2, 0) is 12.8 Å². The number of hydrogen-bond acceptors (Lipinski definition) is 1. The zero-order valence-electron chi connectivity index (χ0n) is 17.7. The van der Waals surface area contributed by atoms with E-state index in [-0.39, 0.29) is 5.92 Å². The van der Waals surface area contributed by atoms with Gasteiger partial charge in [-0.05, 0) is 104 Å². The summed E-state index contributed by atoms with van der Waals surface area (Å²) in [5, 5.41) is 0. The maximum atomic E-state index is 14.1. The van der Waals surface area contributed by atoms with Crippen molar-refractivity contribution in [1.29, 1.82) is 0 Å². The fraction of sp³-hybridized carbons (Fsp3) is 0.462. The lowest BCUT2D eigenvalue weighted by Crippen LogP contribution is -2.19. The molecule has 2 aliphatic carbocycles. The first-order chi connectivity index (χ1) is 14.8. The minimum Gasteiger partial charge on any atom is -0.403 e. The van der Waals surface area contributed by atoms with E-state index in [1.165, 1.54) is 48.9 Å². The van der Waals surface area contributed by atoms with Crippen LogP contribution in [-0.4, -0.2) is 6.36 Å². The normalized spacial score (nSPS) is 24.2. The van der Waals surface area contributed by atoms with E-state index >= 15 is 0 Å². The maximum Gasteiger partial charge on any atom is 0.573 e. The van der Waals surface area contributed by atoms with E-state index in [4.69, 9.17) is 0 Å². The first-order valence-corrected chi connectivity index (χ1v) is 11.1. The van der Waals surface area contributed by atoms with Gasteiger partial charge < -0.3 is 4.74 Å². The molecule has 0 amide bonds. The third-order valence-electron chi connectivity index (χ3n) is 6.82. The number of halogens is 4. The topological polar surface area (TPSA) is 9.23 Å². The number of benzene rings is 2. The smallest absolute Gasteiger partial charge is 0.403 e. The zero-order valence-corrected chi connectivity index (χ0v) is 17.7. The summed E-state index contributed by atoms with van der Waals surface area (Å²) < 4.78 is 55.4. The van der Waals surface area contributed by atoms with E-state index in [1.807, 2.05) is 0 Å². The summed E-state index contributed by atoms with van der Waals surface area (Å²) in [5.41, 5.74) is 4.12. The van der Waals surface area contributed by atoms with Crippen molar-refractivity contribution in [2.24, 2.45) is 5.92 Å². The average Bonchev–Trinajstić information content (AvgIpc) is 2.74. The predicted octanol–water partition coefficient (Wildman–Crippen LogP) is 7.85.